The number of hydrogen-bond donors (Lipinski definition) is 1. The summed E-state index contributed by atoms with van der Waals surface area (Å²) < 4.78 is 19.8. The molecule has 2 aromatic heterocycles. The number of carbonyl (C=O) groups is 2. The van der Waals surface area contributed by atoms with Gasteiger partial charge in [-0.05, 0) is 76.0 Å². The second-order valence-corrected chi connectivity index (χ2v) is 9.94. The second kappa shape index (κ2) is 13.6. The van der Waals surface area contributed by atoms with Gasteiger partial charge in [-0.1, -0.05) is 48.0 Å². The number of esters is 1. The number of nitrogens with zero attached hydrogens (tertiary/aromatic N) is 6. The maximum Gasteiger partial charge on any atom is 0.309 e. The van der Waals surface area contributed by atoms with Crippen molar-refractivity contribution in [2.24, 2.45) is 0 Å². The van der Waals surface area contributed by atoms with Gasteiger partial charge >= 0.3 is 5.97 Å². The molecular weight excluding hydrogens is 573 g/mol. The summed E-state index contributed by atoms with van der Waals surface area (Å²) in [6, 6.07) is 19.9. The lowest BCUT2D eigenvalue weighted by Crippen LogP contribution is -2.29. The molecular formula is C31H25ClFN7O3. The highest BCUT2D eigenvalue weighted by molar-refractivity contribution is 6.30. The largest absolute Gasteiger partial charge is 0.469 e. The van der Waals surface area contributed by atoms with Gasteiger partial charge in [-0.2, -0.15) is 14.9 Å². The van der Waals surface area contributed by atoms with Gasteiger partial charge in [0.05, 0.1) is 37.2 Å². The van der Waals surface area contributed by atoms with Crippen molar-refractivity contribution in [2.75, 3.05) is 7.11 Å². The fourth-order valence-electron chi connectivity index (χ4n) is 4.38. The predicted octanol–water partition coefficient (Wildman–Crippen LogP) is 4.74. The molecule has 5 rings (SSSR count). The average Bonchev–Trinajstić information content (AvgIpc) is 3.56. The summed E-state index contributed by atoms with van der Waals surface area (Å²) in [7, 11) is 1.35. The normalized spacial score (nSPS) is 11.8. The minimum Gasteiger partial charge on any atom is -0.469 e. The van der Waals surface area contributed by atoms with E-state index >= 15 is 0 Å². The Labute approximate surface area is 251 Å². The summed E-state index contributed by atoms with van der Waals surface area (Å²) in [6.07, 6.45) is 6.57. The van der Waals surface area contributed by atoms with Gasteiger partial charge in [-0.25, -0.2) is 4.39 Å². The molecule has 1 atom stereocenters. The first-order chi connectivity index (χ1) is 20.9. The van der Waals surface area contributed by atoms with Crippen LogP contribution in [0.4, 0.5) is 4.39 Å². The minimum atomic E-state index is -0.591. The first kappa shape index (κ1) is 29.2. The molecule has 216 valence electrons. The first-order valence-electron chi connectivity index (χ1n) is 13.1. The van der Waals surface area contributed by atoms with E-state index in [1.54, 1.807) is 42.6 Å². The molecule has 1 N–H and O–H groups in total. The van der Waals surface area contributed by atoms with Crippen LogP contribution in [0.2, 0.25) is 5.02 Å². The number of tetrazole rings is 1. The Kier molecular flexibility index (Phi) is 9.23. The van der Waals surface area contributed by atoms with Crippen molar-refractivity contribution in [3.63, 3.8) is 0 Å². The van der Waals surface area contributed by atoms with E-state index in [9.17, 15) is 14.0 Å². The van der Waals surface area contributed by atoms with Crippen molar-refractivity contribution in [1.29, 1.82) is 0 Å². The molecule has 0 bridgehead atoms. The third-order valence-corrected chi connectivity index (χ3v) is 6.80. The number of rotatable bonds is 10. The van der Waals surface area contributed by atoms with E-state index in [-0.39, 0.29) is 18.2 Å². The zero-order valence-electron chi connectivity index (χ0n) is 22.9. The number of ether oxygens (including phenoxy) is 1. The number of benzene rings is 3. The van der Waals surface area contributed by atoms with Crippen LogP contribution in [0.15, 0.2) is 91.4 Å². The highest BCUT2D eigenvalue weighted by Gasteiger charge is 2.18. The lowest BCUT2D eigenvalue weighted by molar-refractivity contribution is -0.139. The Morgan fingerprint density at radius 3 is 2.49 bits per heavy atom. The van der Waals surface area contributed by atoms with E-state index in [0.717, 1.165) is 22.3 Å². The second-order valence-electron chi connectivity index (χ2n) is 9.50. The molecule has 2 heterocycles. The highest BCUT2D eigenvalue weighted by atomic mass is 35.5. The molecule has 5 aromatic rings. The summed E-state index contributed by atoms with van der Waals surface area (Å²) in [5.74, 6) is -1.07. The molecule has 0 aliphatic carbocycles. The van der Waals surface area contributed by atoms with Crippen molar-refractivity contribution in [2.45, 2.75) is 18.9 Å². The van der Waals surface area contributed by atoms with E-state index < -0.39 is 11.9 Å². The number of aromatic nitrogens is 6. The molecule has 0 radical (unpaired) electrons. The van der Waals surface area contributed by atoms with Crippen LogP contribution in [0.3, 0.4) is 0 Å². The molecule has 0 unspecified atom stereocenters. The summed E-state index contributed by atoms with van der Waals surface area (Å²) in [5, 5.41) is 23.2. The Morgan fingerprint density at radius 2 is 1.77 bits per heavy atom. The third-order valence-electron chi connectivity index (χ3n) is 6.56. The van der Waals surface area contributed by atoms with Gasteiger partial charge in [0.25, 0.3) is 0 Å². The van der Waals surface area contributed by atoms with Crippen molar-refractivity contribution >= 4 is 29.6 Å². The van der Waals surface area contributed by atoms with Gasteiger partial charge in [0, 0.05) is 22.2 Å². The number of hydrogen-bond acceptors (Lipinski definition) is 8. The topological polar surface area (TPSA) is 125 Å². The summed E-state index contributed by atoms with van der Waals surface area (Å²) >= 11 is 6.20. The van der Waals surface area contributed by atoms with Crippen LogP contribution in [-0.4, -0.2) is 49.4 Å². The van der Waals surface area contributed by atoms with Gasteiger partial charge in [-0.15, -0.1) is 5.10 Å². The average molecular weight is 598 g/mol. The van der Waals surface area contributed by atoms with Crippen molar-refractivity contribution < 1.29 is 18.7 Å². The summed E-state index contributed by atoms with van der Waals surface area (Å²) in [6.45, 7) is 0. The summed E-state index contributed by atoms with van der Waals surface area (Å²) in [4.78, 5) is 24.8. The predicted molar refractivity (Wildman–Crippen MR) is 157 cm³/mol. The van der Waals surface area contributed by atoms with E-state index in [1.165, 1.54) is 36.3 Å². The Bertz CT molecular complexity index is 1740. The Balaban J connectivity index is 1.40. The number of amides is 1. The fraction of sp³-hybridized carbons (Fsp3) is 0.129. The van der Waals surface area contributed by atoms with Gasteiger partial charge in [-0.3, -0.25) is 9.59 Å². The van der Waals surface area contributed by atoms with Crippen LogP contribution in [0.1, 0.15) is 28.4 Å². The third kappa shape index (κ3) is 7.72. The van der Waals surface area contributed by atoms with Crippen LogP contribution in [0.5, 0.6) is 0 Å². The minimum absolute atomic E-state index is 0.169. The van der Waals surface area contributed by atoms with Crippen molar-refractivity contribution in [3.05, 3.63) is 125 Å². The molecule has 0 spiro atoms. The molecule has 1 amide bonds. The van der Waals surface area contributed by atoms with Gasteiger partial charge in [0.2, 0.25) is 5.91 Å². The zero-order chi connectivity index (χ0) is 30.2. The van der Waals surface area contributed by atoms with Crippen LogP contribution >= 0.6 is 11.6 Å². The highest BCUT2D eigenvalue weighted by Crippen LogP contribution is 2.25. The molecule has 0 saturated heterocycles. The maximum atomic E-state index is 13.6. The molecule has 43 heavy (non-hydrogen) atoms. The molecule has 0 aliphatic heterocycles. The van der Waals surface area contributed by atoms with Crippen LogP contribution < -0.4 is 5.32 Å². The standard InChI is InChI=1S/C31H25ClFN7O3/c1-43-31(42)15-21-2-6-22(7-3-21)24-17-28(37-34-18-24)27(14-20-4-10-26(33)11-5-20)36-30(41)13-8-23-16-25(32)9-12-29(23)40-19-35-38-39-40/h2-13,16-19,27H,14-15H2,1H3,(H,36,41)/b13-8+/t27-/m0/s1. The van der Waals surface area contributed by atoms with Gasteiger partial charge in [0.15, 0.2) is 0 Å². The van der Waals surface area contributed by atoms with Gasteiger partial charge in [0.1, 0.15) is 12.1 Å². The van der Waals surface area contributed by atoms with E-state index in [0.29, 0.717) is 28.4 Å². The molecule has 0 aliphatic rings. The van der Waals surface area contributed by atoms with E-state index in [2.05, 4.69) is 31.0 Å². The number of halogens is 2. The lowest BCUT2D eigenvalue weighted by Gasteiger charge is -2.18. The van der Waals surface area contributed by atoms with Crippen LogP contribution in [0, 0.1) is 5.82 Å². The lowest BCUT2D eigenvalue weighted by atomic mass is 9.99. The fourth-order valence-corrected chi connectivity index (χ4v) is 4.56. The summed E-state index contributed by atoms with van der Waals surface area (Å²) in [5.41, 5.74) is 5.01. The monoisotopic (exact) mass is 597 g/mol. The maximum absolute atomic E-state index is 13.6. The number of methoxy groups -OCH3 is 1. The van der Waals surface area contributed by atoms with E-state index in [1.807, 2.05) is 30.3 Å². The SMILES string of the molecule is COC(=O)Cc1ccc(-c2cnnc([C@H](Cc3ccc(F)cc3)NC(=O)/C=C/c3cc(Cl)ccc3-n3cnnn3)c2)cc1. The Hall–Kier alpha value is -5.29. The zero-order valence-corrected chi connectivity index (χ0v) is 23.6. The number of nitrogens with one attached hydrogen (secondary N) is 1. The smallest absolute Gasteiger partial charge is 0.309 e. The van der Waals surface area contributed by atoms with Gasteiger partial charge < -0.3 is 10.1 Å². The molecule has 10 nitrogen and oxygen atoms in total. The van der Waals surface area contributed by atoms with Crippen LogP contribution in [0.25, 0.3) is 22.9 Å². The molecule has 12 heteroatoms. The Morgan fingerprint density at radius 1 is 1.00 bits per heavy atom. The molecule has 3 aromatic carbocycles. The van der Waals surface area contributed by atoms with E-state index in [4.69, 9.17) is 16.3 Å². The van der Waals surface area contributed by atoms with Crippen molar-refractivity contribution in [1.82, 2.24) is 35.7 Å². The van der Waals surface area contributed by atoms with Crippen LogP contribution in [-0.2, 0) is 27.2 Å². The quantitative estimate of drug-likeness (QED) is 0.181. The first-order valence-corrected chi connectivity index (χ1v) is 13.5. The number of carbonyl (C=O) groups excluding carboxylic acids is 2. The van der Waals surface area contributed by atoms with Crippen molar-refractivity contribution in [3.8, 4) is 16.8 Å². The molecule has 0 saturated carbocycles. The molecule has 0 fully saturated rings.